The van der Waals surface area contributed by atoms with E-state index in [1.165, 1.54) is 6.07 Å². The van der Waals surface area contributed by atoms with Crippen LogP contribution in [0.3, 0.4) is 0 Å². The van der Waals surface area contributed by atoms with E-state index in [9.17, 15) is 45.3 Å². The lowest BCUT2D eigenvalue weighted by Crippen LogP contribution is -2.30. The van der Waals surface area contributed by atoms with Gasteiger partial charge < -0.3 is 40.5 Å². The maximum absolute atomic E-state index is 12.6. The first kappa shape index (κ1) is 20.1. The van der Waals surface area contributed by atoms with Crippen molar-refractivity contribution in [3.63, 3.8) is 0 Å². The molecule has 1 aliphatic heterocycles. The molecule has 0 saturated heterocycles. The number of benzene rings is 2. The third-order valence-electron chi connectivity index (χ3n) is 5.14. The van der Waals surface area contributed by atoms with Crippen LogP contribution in [0.1, 0.15) is 27.6 Å². The van der Waals surface area contributed by atoms with E-state index in [1.807, 2.05) is 0 Å². The van der Waals surface area contributed by atoms with Crippen LogP contribution in [-0.2, 0) is 6.42 Å². The molecule has 3 aromatic rings. The maximum Gasteiger partial charge on any atom is 0.335 e. The highest BCUT2D eigenvalue weighted by Gasteiger charge is 2.34. The number of carboxylic acids is 1. The molecule has 160 valence electrons. The van der Waals surface area contributed by atoms with Gasteiger partial charge in [0.2, 0.25) is 5.43 Å². The van der Waals surface area contributed by atoms with Crippen LogP contribution < -0.4 is 10.2 Å². The fourth-order valence-electron chi connectivity index (χ4n) is 3.70. The Labute approximate surface area is 173 Å². The quantitative estimate of drug-likeness (QED) is 0.295. The second-order valence-electron chi connectivity index (χ2n) is 7.14. The van der Waals surface area contributed by atoms with Crippen LogP contribution in [-0.4, -0.2) is 47.8 Å². The molecular formula is C21H16O10. The van der Waals surface area contributed by atoms with Gasteiger partial charge in [-0.15, -0.1) is 0 Å². The van der Waals surface area contributed by atoms with Crippen molar-refractivity contribution in [2.75, 3.05) is 0 Å². The summed E-state index contributed by atoms with van der Waals surface area (Å²) in [7, 11) is 0. The van der Waals surface area contributed by atoms with Gasteiger partial charge in [0.05, 0.1) is 17.1 Å². The molecule has 0 amide bonds. The molecule has 31 heavy (non-hydrogen) atoms. The Morgan fingerprint density at radius 2 is 1.65 bits per heavy atom. The second-order valence-corrected chi connectivity index (χ2v) is 7.14. The molecule has 0 fully saturated rings. The SMILES string of the molecule is O=C(O)c1cc(O)c(=O)c2c(O)c(O)cc([C@H]3Oc4cc(O)cc(O)c4C[C@H]3O)c2c1. The molecule has 0 radical (unpaired) electrons. The summed E-state index contributed by atoms with van der Waals surface area (Å²) in [4.78, 5) is 24.1. The molecule has 1 heterocycles. The Morgan fingerprint density at radius 1 is 0.935 bits per heavy atom. The van der Waals surface area contributed by atoms with Crippen molar-refractivity contribution in [2.45, 2.75) is 18.6 Å². The zero-order chi connectivity index (χ0) is 22.6. The topological polar surface area (TPSA) is 185 Å². The van der Waals surface area contributed by atoms with Gasteiger partial charge in [-0.1, -0.05) is 0 Å². The summed E-state index contributed by atoms with van der Waals surface area (Å²) in [5.41, 5.74) is -1.47. The van der Waals surface area contributed by atoms with E-state index in [-0.39, 0.29) is 40.2 Å². The number of aliphatic hydroxyl groups is 1. The number of hydrogen-bond donors (Lipinski definition) is 7. The number of carboxylic acid groups (broad SMARTS) is 1. The summed E-state index contributed by atoms with van der Waals surface area (Å²) < 4.78 is 5.72. The smallest absolute Gasteiger partial charge is 0.335 e. The van der Waals surface area contributed by atoms with E-state index in [0.29, 0.717) is 6.07 Å². The molecule has 0 saturated carbocycles. The minimum Gasteiger partial charge on any atom is -0.508 e. The number of carbonyl (C=O) groups is 1. The van der Waals surface area contributed by atoms with Crippen LogP contribution in [0.15, 0.2) is 35.1 Å². The fraction of sp³-hybridized carbons (Fsp3) is 0.143. The summed E-state index contributed by atoms with van der Waals surface area (Å²) in [6, 6.07) is 4.97. The van der Waals surface area contributed by atoms with Crippen molar-refractivity contribution in [2.24, 2.45) is 0 Å². The van der Waals surface area contributed by atoms with E-state index >= 15 is 0 Å². The lowest BCUT2D eigenvalue weighted by molar-refractivity contribution is 0.0205. The van der Waals surface area contributed by atoms with Crippen LogP contribution in [0.5, 0.6) is 34.5 Å². The van der Waals surface area contributed by atoms with Gasteiger partial charge in [-0.25, -0.2) is 4.79 Å². The Morgan fingerprint density at radius 3 is 2.32 bits per heavy atom. The van der Waals surface area contributed by atoms with Gasteiger partial charge >= 0.3 is 5.97 Å². The van der Waals surface area contributed by atoms with Crippen molar-refractivity contribution in [3.05, 3.63) is 57.2 Å². The average molecular weight is 428 g/mol. The van der Waals surface area contributed by atoms with Gasteiger partial charge in [0, 0.05) is 29.7 Å². The first-order valence-electron chi connectivity index (χ1n) is 8.97. The van der Waals surface area contributed by atoms with Crippen molar-refractivity contribution in [3.8, 4) is 34.5 Å². The van der Waals surface area contributed by atoms with Crippen LogP contribution in [0, 0.1) is 0 Å². The van der Waals surface area contributed by atoms with Gasteiger partial charge in [-0.05, 0) is 23.6 Å². The Bertz CT molecular complexity index is 1310. The summed E-state index contributed by atoms with van der Waals surface area (Å²) >= 11 is 0. The zero-order valence-electron chi connectivity index (χ0n) is 15.6. The summed E-state index contributed by atoms with van der Waals surface area (Å²) in [5, 5.41) is 69.4. The number of phenolic OH excluding ortho intramolecular Hbond substituents is 4. The number of ether oxygens (including phenoxy) is 1. The number of aromatic hydroxyl groups is 5. The van der Waals surface area contributed by atoms with E-state index in [0.717, 1.165) is 18.2 Å². The van der Waals surface area contributed by atoms with Gasteiger partial charge in [-0.2, -0.15) is 0 Å². The predicted molar refractivity (Wildman–Crippen MR) is 105 cm³/mol. The zero-order valence-corrected chi connectivity index (χ0v) is 15.6. The first-order chi connectivity index (χ1) is 14.6. The largest absolute Gasteiger partial charge is 0.508 e. The molecular weight excluding hydrogens is 412 g/mol. The minimum absolute atomic E-state index is 0.0254. The molecule has 7 N–H and O–H groups in total. The summed E-state index contributed by atoms with van der Waals surface area (Å²) in [5.74, 6) is -4.68. The summed E-state index contributed by atoms with van der Waals surface area (Å²) in [6.45, 7) is 0. The number of aromatic carboxylic acids is 1. The molecule has 2 atom stereocenters. The molecule has 0 aromatic heterocycles. The lowest BCUT2D eigenvalue weighted by atomic mass is 9.91. The van der Waals surface area contributed by atoms with Crippen molar-refractivity contribution in [1.29, 1.82) is 0 Å². The molecule has 10 heteroatoms. The van der Waals surface area contributed by atoms with Crippen LogP contribution in [0.25, 0.3) is 10.8 Å². The van der Waals surface area contributed by atoms with Gasteiger partial charge in [0.1, 0.15) is 17.2 Å². The summed E-state index contributed by atoms with van der Waals surface area (Å²) in [6.07, 6.45) is -2.74. The third kappa shape index (κ3) is 3.19. The van der Waals surface area contributed by atoms with Crippen molar-refractivity contribution < 1.29 is 45.3 Å². The van der Waals surface area contributed by atoms with Gasteiger partial charge in [0.25, 0.3) is 0 Å². The predicted octanol–water partition coefficient (Wildman–Crippen LogP) is 1.46. The van der Waals surface area contributed by atoms with Crippen LogP contribution in [0.2, 0.25) is 0 Å². The van der Waals surface area contributed by atoms with Crippen molar-refractivity contribution >= 4 is 16.7 Å². The molecule has 3 aromatic carbocycles. The standard InChI is InChI=1S/C21H16O10/c22-8-3-12(23)11-6-15(26)20(31-16(11)4-8)10-5-14(25)19(28)17-9(10)1-7(21(29)30)2-13(24)18(17)27/h1-5,15,20,22-23,25-26,28H,6H2,(H,24,27)(H,29,30)/t15-,20-/m1/s1. The number of rotatable bonds is 2. The monoisotopic (exact) mass is 428 g/mol. The Kier molecular flexibility index (Phi) is 4.51. The molecule has 10 nitrogen and oxygen atoms in total. The van der Waals surface area contributed by atoms with Gasteiger partial charge in [0.15, 0.2) is 23.4 Å². The van der Waals surface area contributed by atoms with Crippen molar-refractivity contribution in [1.82, 2.24) is 0 Å². The number of hydrogen-bond acceptors (Lipinski definition) is 9. The maximum atomic E-state index is 12.6. The molecule has 0 aliphatic carbocycles. The van der Waals surface area contributed by atoms with E-state index in [4.69, 9.17) is 4.74 Å². The van der Waals surface area contributed by atoms with E-state index < -0.39 is 51.8 Å². The molecule has 0 unspecified atom stereocenters. The van der Waals surface area contributed by atoms with E-state index in [2.05, 4.69) is 0 Å². The van der Waals surface area contributed by atoms with Gasteiger partial charge in [-0.3, -0.25) is 4.79 Å². The highest BCUT2D eigenvalue weighted by Crippen LogP contribution is 2.45. The highest BCUT2D eigenvalue weighted by atomic mass is 16.5. The third-order valence-corrected chi connectivity index (χ3v) is 5.14. The number of phenols is 4. The number of fused-ring (bicyclic) bond motifs is 2. The molecule has 0 spiro atoms. The average Bonchev–Trinajstić information content (AvgIpc) is 2.82. The first-order valence-corrected chi connectivity index (χ1v) is 8.97. The minimum atomic E-state index is -1.48. The molecule has 1 aliphatic rings. The number of aliphatic hydroxyl groups excluding tert-OH is 1. The Balaban J connectivity index is 2.04. The Hall–Kier alpha value is -4.18. The van der Waals surface area contributed by atoms with Crippen LogP contribution in [0.4, 0.5) is 0 Å². The fourth-order valence-corrected chi connectivity index (χ4v) is 3.70. The normalized spacial score (nSPS) is 17.7. The molecule has 4 rings (SSSR count). The van der Waals surface area contributed by atoms with Crippen LogP contribution >= 0.6 is 0 Å². The molecule has 0 bridgehead atoms. The lowest BCUT2D eigenvalue weighted by Gasteiger charge is -2.32. The second kappa shape index (κ2) is 6.96. The highest BCUT2D eigenvalue weighted by molar-refractivity contribution is 5.98. The van der Waals surface area contributed by atoms with E-state index in [1.54, 1.807) is 0 Å².